The molecule has 3 aromatic rings. The molecule has 2 aromatic carbocycles. The summed E-state index contributed by atoms with van der Waals surface area (Å²) < 4.78 is 16.1. The molecule has 0 unspecified atom stereocenters. The minimum absolute atomic E-state index is 0.0582. The molecule has 1 aromatic heterocycles. The molecule has 1 heterocycles. The number of amides is 1. The van der Waals surface area contributed by atoms with Gasteiger partial charge in [0.25, 0.3) is 5.91 Å². The van der Waals surface area contributed by atoms with Gasteiger partial charge in [0.1, 0.15) is 11.6 Å². The van der Waals surface area contributed by atoms with Gasteiger partial charge in [-0.1, -0.05) is 6.07 Å². The lowest BCUT2D eigenvalue weighted by molar-refractivity contribution is 0.0976. The fourth-order valence-corrected chi connectivity index (χ4v) is 2.84. The highest BCUT2D eigenvalue weighted by atomic mass is 16.5. The van der Waals surface area contributed by atoms with Crippen molar-refractivity contribution >= 4 is 22.5 Å². The number of fused-ring (bicyclic) bond motifs is 1. The zero-order chi connectivity index (χ0) is 20.1. The standard InChI is InChI=1S/C21H21N3O4/c1-4-28-15-7-5-6-13(8-15)21(25)24-20(22)17-12-23-11-14-9-18(26-2)19(27-3)10-16(14)17/h5-12H,4H2,1-3H3,(H2,22,24,25). The first-order valence-corrected chi connectivity index (χ1v) is 8.70. The van der Waals surface area contributed by atoms with E-state index in [2.05, 4.69) is 10.3 Å². The van der Waals surface area contributed by atoms with Crippen LogP contribution in [0, 0.1) is 5.41 Å². The zero-order valence-corrected chi connectivity index (χ0v) is 15.9. The summed E-state index contributed by atoms with van der Waals surface area (Å²) in [5.41, 5.74) is 0.885. The molecule has 0 saturated heterocycles. The first kappa shape index (κ1) is 19.2. The molecule has 0 fully saturated rings. The zero-order valence-electron chi connectivity index (χ0n) is 15.9. The number of hydrogen-bond donors (Lipinski definition) is 2. The third-order valence-corrected chi connectivity index (χ3v) is 4.18. The monoisotopic (exact) mass is 379 g/mol. The number of ether oxygens (including phenoxy) is 3. The van der Waals surface area contributed by atoms with E-state index in [1.165, 1.54) is 6.20 Å². The van der Waals surface area contributed by atoms with Crippen LogP contribution in [-0.4, -0.2) is 37.6 Å². The van der Waals surface area contributed by atoms with Crippen molar-refractivity contribution in [1.29, 1.82) is 5.41 Å². The summed E-state index contributed by atoms with van der Waals surface area (Å²) in [4.78, 5) is 16.7. The SMILES string of the molecule is CCOc1cccc(C(=O)NC(=N)c2cncc3cc(OC)c(OC)cc23)c1. The Kier molecular flexibility index (Phi) is 5.74. The summed E-state index contributed by atoms with van der Waals surface area (Å²) in [6, 6.07) is 10.4. The van der Waals surface area contributed by atoms with Gasteiger partial charge in [-0.25, -0.2) is 0 Å². The van der Waals surface area contributed by atoms with Crippen LogP contribution in [0.5, 0.6) is 17.2 Å². The highest BCUT2D eigenvalue weighted by Crippen LogP contribution is 2.33. The Morgan fingerprint density at radius 3 is 2.57 bits per heavy atom. The Bertz CT molecular complexity index is 1030. The summed E-state index contributed by atoms with van der Waals surface area (Å²) >= 11 is 0. The molecule has 28 heavy (non-hydrogen) atoms. The fourth-order valence-electron chi connectivity index (χ4n) is 2.84. The van der Waals surface area contributed by atoms with E-state index < -0.39 is 5.91 Å². The lowest BCUT2D eigenvalue weighted by Crippen LogP contribution is -2.30. The van der Waals surface area contributed by atoms with Gasteiger partial charge in [0, 0.05) is 28.9 Å². The highest BCUT2D eigenvalue weighted by molar-refractivity contribution is 6.16. The van der Waals surface area contributed by atoms with Crippen LogP contribution in [0.15, 0.2) is 48.8 Å². The quantitative estimate of drug-likeness (QED) is 0.506. The maximum atomic E-state index is 12.6. The van der Waals surface area contributed by atoms with Gasteiger partial charge in [-0.05, 0) is 42.6 Å². The summed E-state index contributed by atoms with van der Waals surface area (Å²) in [7, 11) is 3.10. The molecule has 144 valence electrons. The molecule has 0 spiro atoms. The molecule has 3 rings (SSSR count). The van der Waals surface area contributed by atoms with Crippen LogP contribution in [0.25, 0.3) is 10.8 Å². The Morgan fingerprint density at radius 1 is 1.11 bits per heavy atom. The second-order valence-electron chi connectivity index (χ2n) is 5.91. The lowest BCUT2D eigenvalue weighted by Gasteiger charge is -2.13. The largest absolute Gasteiger partial charge is 0.494 e. The van der Waals surface area contributed by atoms with Crippen LogP contribution >= 0.6 is 0 Å². The van der Waals surface area contributed by atoms with Gasteiger partial charge in [0.2, 0.25) is 0 Å². The summed E-state index contributed by atoms with van der Waals surface area (Å²) in [5.74, 6) is 1.25. The van der Waals surface area contributed by atoms with Crippen LogP contribution < -0.4 is 19.5 Å². The lowest BCUT2D eigenvalue weighted by atomic mass is 10.1. The molecule has 7 heteroatoms. The van der Waals surface area contributed by atoms with Crippen molar-refractivity contribution in [1.82, 2.24) is 10.3 Å². The van der Waals surface area contributed by atoms with Crippen molar-refractivity contribution in [2.75, 3.05) is 20.8 Å². The number of carbonyl (C=O) groups excluding carboxylic acids is 1. The Morgan fingerprint density at radius 2 is 1.86 bits per heavy atom. The van der Waals surface area contributed by atoms with Gasteiger partial charge in [0.15, 0.2) is 11.5 Å². The first-order valence-electron chi connectivity index (χ1n) is 8.70. The molecule has 7 nitrogen and oxygen atoms in total. The minimum Gasteiger partial charge on any atom is -0.494 e. The second kappa shape index (κ2) is 8.39. The average Bonchev–Trinajstić information content (AvgIpc) is 2.72. The third-order valence-electron chi connectivity index (χ3n) is 4.18. The summed E-state index contributed by atoms with van der Waals surface area (Å²) in [6.45, 7) is 2.38. The Balaban J connectivity index is 1.91. The summed E-state index contributed by atoms with van der Waals surface area (Å²) in [6.07, 6.45) is 3.20. The molecule has 0 aliphatic rings. The molecule has 0 bridgehead atoms. The van der Waals surface area contributed by atoms with Crippen molar-refractivity contribution < 1.29 is 19.0 Å². The number of nitrogens with one attached hydrogen (secondary N) is 2. The predicted molar refractivity (Wildman–Crippen MR) is 107 cm³/mol. The van der Waals surface area contributed by atoms with E-state index in [1.54, 1.807) is 56.8 Å². The number of rotatable bonds is 6. The normalized spacial score (nSPS) is 10.4. The predicted octanol–water partition coefficient (Wildman–Crippen LogP) is 3.41. The smallest absolute Gasteiger partial charge is 0.256 e. The topological polar surface area (TPSA) is 93.5 Å². The van der Waals surface area contributed by atoms with Crippen LogP contribution in [0.3, 0.4) is 0 Å². The van der Waals surface area contributed by atoms with Crippen molar-refractivity contribution in [3.8, 4) is 17.2 Å². The van der Waals surface area contributed by atoms with E-state index in [4.69, 9.17) is 19.6 Å². The van der Waals surface area contributed by atoms with Crippen LogP contribution in [-0.2, 0) is 0 Å². The van der Waals surface area contributed by atoms with Gasteiger partial charge in [-0.15, -0.1) is 0 Å². The van der Waals surface area contributed by atoms with E-state index in [1.807, 2.05) is 6.92 Å². The number of methoxy groups -OCH3 is 2. The molecule has 2 N–H and O–H groups in total. The number of amidine groups is 1. The molecule has 0 atom stereocenters. The van der Waals surface area contributed by atoms with E-state index >= 15 is 0 Å². The molecular weight excluding hydrogens is 358 g/mol. The number of carbonyl (C=O) groups is 1. The average molecular weight is 379 g/mol. The minimum atomic E-state index is -0.399. The fraction of sp³-hybridized carbons (Fsp3) is 0.190. The first-order chi connectivity index (χ1) is 13.6. The van der Waals surface area contributed by atoms with Crippen LogP contribution in [0.1, 0.15) is 22.8 Å². The van der Waals surface area contributed by atoms with Gasteiger partial charge < -0.3 is 19.5 Å². The second-order valence-corrected chi connectivity index (χ2v) is 5.91. The van der Waals surface area contributed by atoms with E-state index in [0.29, 0.717) is 35.0 Å². The van der Waals surface area contributed by atoms with Crippen LogP contribution in [0.2, 0.25) is 0 Å². The maximum Gasteiger partial charge on any atom is 0.256 e. The number of nitrogens with zero attached hydrogens (tertiary/aromatic N) is 1. The number of pyridine rings is 1. The van der Waals surface area contributed by atoms with Crippen molar-refractivity contribution in [3.05, 3.63) is 59.9 Å². The molecule has 0 radical (unpaired) electrons. The molecule has 0 aliphatic carbocycles. The third kappa shape index (κ3) is 3.88. The molecule has 1 amide bonds. The Labute approximate surface area is 162 Å². The molecular formula is C21H21N3O4. The molecule has 0 saturated carbocycles. The number of aromatic nitrogens is 1. The van der Waals surface area contributed by atoms with Crippen LogP contribution in [0.4, 0.5) is 0 Å². The van der Waals surface area contributed by atoms with E-state index in [9.17, 15) is 4.79 Å². The van der Waals surface area contributed by atoms with Crippen molar-refractivity contribution in [2.45, 2.75) is 6.92 Å². The highest BCUT2D eigenvalue weighted by Gasteiger charge is 2.15. The van der Waals surface area contributed by atoms with Gasteiger partial charge >= 0.3 is 0 Å². The Hall–Kier alpha value is -3.61. The van der Waals surface area contributed by atoms with E-state index in [-0.39, 0.29) is 5.84 Å². The maximum absolute atomic E-state index is 12.6. The van der Waals surface area contributed by atoms with Gasteiger partial charge in [-0.3, -0.25) is 15.2 Å². The van der Waals surface area contributed by atoms with Crippen molar-refractivity contribution in [3.63, 3.8) is 0 Å². The summed E-state index contributed by atoms with van der Waals surface area (Å²) in [5, 5.41) is 12.5. The van der Waals surface area contributed by atoms with Crippen molar-refractivity contribution in [2.24, 2.45) is 0 Å². The van der Waals surface area contributed by atoms with Gasteiger partial charge in [-0.2, -0.15) is 0 Å². The number of hydrogen-bond acceptors (Lipinski definition) is 6. The van der Waals surface area contributed by atoms with Gasteiger partial charge in [0.05, 0.1) is 20.8 Å². The van der Waals surface area contributed by atoms with E-state index in [0.717, 1.165) is 10.8 Å². The number of benzene rings is 2. The molecule has 0 aliphatic heterocycles.